The number of alkyl halides is 3. The molecule has 0 radical (unpaired) electrons. The maximum Gasteiger partial charge on any atom is 0.416 e. The zero-order valence-electron chi connectivity index (χ0n) is 15.1. The number of carbonyl (C=O) groups is 2. The molecule has 1 amide bonds. The molecule has 0 aliphatic rings. The maximum atomic E-state index is 13.1. The van der Waals surface area contributed by atoms with E-state index in [1.54, 1.807) is 30.3 Å². The predicted octanol–water partition coefficient (Wildman–Crippen LogP) is 2.98. The van der Waals surface area contributed by atoms with E-state index in [4.69, 9.17) is 10.5 Å². The van der Waals surface area contributed by atoms with Gasteiger partial charge in [0.1, 0.15) is 0 Å². The topological polar surface area (TPSA) is 100 Å². The van der Waals surface area contributed by atoms with Gasteiger partial charge in [0.05, 0.1) is 11.3 Å². The van der Waals surface area contributed by atoms with Crippen molar-refractivity contribution in [3.8, 4) is 17.1 Å². The van der Waals surface area contributed by atoms with Crippen LogP contribution in [-0.4, -0.2) is 32.7 Å². The maximum absolute atomic E-state index is 13.1. The van der Waals surface area contributed by atoms with E-state index in [0.717, 1.165) is 16.8 Å². The van der Waals surface area contributed by atoms with Crippen LogP contribution < -0.4 is 5.73 Å². The third-order valence-corrected chi connectivity index (χ3v) is 3.92. The lowest BCUT2D eigenvalue weighted by Gasteiger charge is -2.10. The largest absolute Gasteiger partial charge is 0.447 e. The molecule has 2 N–H and O–H groups in total. The quantitative estimate of drug-likeness (QED) is 0.659. The van der Waals surface area contributed by atoms with Crippen molar-refractivity contribution in [2.24, 2.45) is 5.73 Å². The van der Waals surface area contributed by atoms with Gasteiger partial charge in [0.2, 0.25) is 0 Å². The van der Waals surface area contributed by atoms with E-state index in [-0.39, 0.29) is 11.5 Å². The van der Waals surface area contributed by atoms with E-state index in [1.807, 2.05) is 0 Å². The zero-order chi connectivity index (χ0) is 21.2. The summed E-state index contributed by atoms with van der Waals surface area (Å²) in [7, 11) is 0. The average Bonchev–Trinajstić information content (AvgIpc) is 3.13. The number of esters is 1. The van der Waals surface area contributed by atoms with Crippen LogP contribution in [-0.2, 0) is 15.7 Å². The fourth-order valence-corrected chi connectivity index (χ4v) is 2.44. The molecule has 0 saturated carbocycles. The minimum absolute atomic E-state index is 0.0492. The number of nitrogens with zero attached hydrogens (tertiary/aromatic N) is 3. The van der Waals surface area contributed by atoms with Crippen LogP contribution in [0.1, 0.15) is 23.1 Å². The number of hydrogen-bond donors (Lipinski definition) is 1. The SMILES string of the molecule is C[C@H](OC(=O)c1nc(-c2ccccc2)n(-c2cccc(C(F)(F)F)c2)n1)C(N)=O. The minimum Gasteiger partial charge on any atom is -0.447 e. The van der Waals surface area contributed by atoms with E-state index in [9.17, 15) is 22.8 Å². The number of amides is 1. The smallest absolute Gasteiger partial charge is 0.416 e. The Balaban J connectivity index is 2.10. The Hall–Kier alpha value is -3.69. The number of benzene rings is 2. The van der Waals surface area contributed by atoms with E-state index in [1.165, 1.54) is 19.1 Å². The molecule has 10 heteroatoms. The van der Waals surface area contributed by atoms with Crippen molar-refractivity contribution in [1.82, 2.24) is 14.8 Å². The molecule has 0 fully saturated rings. The first-order valence-electron chi connectivity index (χ1n) is 8.37. The summed E-state index contributed by atoms with van der Waals surface area (Å²) in [4.78, 5) is 27.5. The first-order chi connectivity index (χ1) is 13.7. The van der Waals surface area contributed by atoms with Gasteiger partial charge in [0, 0.05) is 5.56 Å². The molecule has 29 heavy (non-hydrogen) atoms. The van der Waals surface area contributed by atoms with Gasteiger partial charge >= 0.3 is 12.1 Å². The van der Waals surface area contributed by atoms with Crippen molar-refractivity contribution >= 4 is 11.9 Å². The van der Waals surface area contributed by atoms with Gasteiger partial charge in [0.25, 0.3) is 11.7 Å². The van der Waals surface area contributed by atoms with Crippen molar-refractivity contribution in [3.63, 3.8) is 0 Å². The van der Waals surface area contributed by atoms with Crippen molar-refractivity contribution in [2.75, 3.05) is 0 Å². The number of ether oxygens (including phenoxy) is 1. The van der Waals surface area contributed by atoms with Crippen molar-refractivity contribution in [1.29, 1.82) is 0 Å². The van der Waals surface area contributed by atoms with Gasteiger partial charge in [-0.25, -0.2) is 14.5 Å². The van der Waals surface area contributed by atoms with Gasteiger partial charge in [0.15, 0.2) is 11.9 Å². The summed E-state index contributed by atoms with van der Waals surface area (Å²) < 4.78 is 45.3. The molecule has 7 nitrogen and oxygen atoms in total. The van der Waals surface area contributed by atoms with Gasteiger partial charge in [-0.05, 0) is 25.1 Å². The highest BCUT2D eigenvalue weighted by molar-refractivity contribution is 5.89. The number of carbonyl (C=O) groups excluding carboxylic acids is 2. The number of nitrogens with two attached hydrogens (primary N) is 1. The molecule has 0 aliphatic carbocycles. The van der Waals surface area contributed by atoms with Crippen LogP contribution in [0, 0.1) is 0 Å². The molecule has 0 spiro atoms. The number of aromatic nitrogens is 3. The van der Waals surface area contributed by atoms with Crippen LogP contribution in [0.2, 0.25) is 0 Å². The molecule has 1 heterocycles. The van der Waals surface area contributed by atoms with E-state index >= 15 is 0 Å². The van der Waals surface area contributed by atoms with Crippen LogP contribution in [0.4, 0.5) is 13.2 Å². The number of primary amides is 1. The van der Waals surface area contributed by atoms with Crippen LogP contribution in [0.25, 0.3) is 17.1 Å². The van der Waals surface area contributed by atoms with Crippen molar-refractivity contribution in [3.05, 3.63) is 66.0 Å². The second-order valence-corrected chi connectivity index (χ2v) is 6.03. The summed E-state index contributed by atoms with van der Waals surface area (Å²) >= 11 is 0. The molecule has 2 aromatic carbocycles. The zero-order valence-corrected chi connectivity index (χ0v) is 15.1. The highest BCUT2D eigenvalue weighted by atomic mass is 19.4. The Bertz CT molecular complexity index is 1050. The van der Waals surface area contributed by atoms with Gasteiger partial charge in [-0.15, -0.1) is 5.10 Å². The van der Waals surface area contributed by atoms with Crippen molar-refractivity contribution < 1.29 is 27.5 Å². The summed E-state index contributed by atoms with van der Waals surface area (Å²) in [5.74, 6) is -2.18. The van der Waals surface area contributed by atoms with E-state index in [2.05, 4.69) is 10.1 Å². The van der Waals surface area contributed by atoms with Gasteiger partial charge < -0.3 is 10.5 Å². The van der Waals surface area contributed by atoms with Gasteiger partial charge in [-0.3, -0.25) is 4.79 Å². The fourth-order valence-electron chi connectivity index (χ4n) is 2.44. The number of rotatable bonds is 5. The Labute approximate surface area is 162 Å². The molecule has 0 bridgehead atoms. The molecule has 0 unspecified atom stereocenters. The Morgan fingerprint density at radius 2 is 1.79 bits per heavy atom. The summed E-state index contributed by atoms with van der Waals surface area (Å²) in [6, 6.07) is 12.9. The average molecular weight is 404 g/mol. The predicted molar refractivity (Wildman–Crippen MR) is 95.9 cm³/mol. The fraction of sp³-hybridized carbons (Fsp3) is 0.158. The minimum atomic E-state index is -4.55. The highest BCUT2D eigenvalue weighted by Gasteiger charge is 2.31. The molecular weight excluding hydrogens is 389 g/mol. The standard InChI is InChI=1S/C19H15F3N4O3/c1-11(15(23)27)29-18(28)16-24-17(12-6-3-2-4-7-12)26(25-16)14-9-5-8-13(10-14)19(20,21)22/h2-11H,1H3,(H2,23,27)/t11-/m0/s1. The lowest BCUT2D eigenvalue weighted by Crippen LogP contribution is -2.30. The second kappa shape index (κ2) is 7.74. The summed E-state index contributed by atoms with van der Waals surface area (Å²) in [6.07, 6.45) is -5.77. The van der Waals surface area contributed by atoms with Crippen molar-refractivity contribution in [2.45, 2.75) is 19.2 Å². The summed E-state index contributed by atoms with van der Waals surface area (Å²) in [5.41, 5.74) is 4.75. The molecule has 1 atom stereocenters. The third kappa shape index (κ3) is 4.42. The lowest BCUT2D eigenvalue weighted by molar-refractivity contribution is -0.137. The Kier molecular flexibility index (Phi) is 5.35. The van der Waals surface area contributed by atoms with Crippen LogP contribution >= 0.6 is 0 Å². The summed E-state index contributed by atoms with van der Waals surface area (Å²) in [6.45, 7) is 1.28. The third-order valence-electron chi connectivity index (χ3n) is 3.92. The normalized spacial score (nSPS) is 12.4. The second-order valence-electron chi connectivity index (χ2n) is 6.03. The highest BCUT2D eigenvalue weighted by Crippen LogP contribution is 2.31. The molecule has 3 aromatic rings. The first-order valence-corrected chi connectivity index (χ1v) is 8.37. The van der Waals surface area contributed by atoms with Crippen LogP contribution in [0.15, 0.2) is 54.6 Å². The lowest BCUT2D eigenvalue weighted by atomic mass is 10.2. The van der Waals surface area contributed by atoms with Crippen LogP contribution in [0.5, 0.6) is 0 Å². The van der Waals surface area contributed by atoms with Crippen LogP contribution in [0.3, 0.4) is 0 Å². The summed E-state index contributed by atoms with van der Waals surface area (Å²) in [5, 5.41) is 4.00. The molecule has 1 aromatic heterocycles. The monoisotopic (exact) mass is 404 g/mol. The molecule has 3 rings (SSSR count). The molecule has 150 valence electrons. The molecule has 0 aliphatic heterocycles. The van der Waals surface area contributed by atoms with E-state index < -0.39 is 35.5 Å². The molecule has 0 saturated heterocycles. The van der Waals surface area contributed by atoms with Gasteiger partial charge in [-0.2, -0.15) is 13.2 Å². The van der Waals surface area contributed by atoms with E-state index in [0.29, 0.717) is 5.56 Å². The Morgan fingerprint density at radius 1 is 1.10 bits per heavy atom. The number of halogens is 3. The molecular formula is C19H15F3N4O3. The first kappa shape index (κ1) is 20.1. The Morgan fingerprint density at radius 3 is 2.41 bits per heavy atom. The van der Waals surface area contributed by atoms with Gasteiger partial charge in [-0.1, -0.05) is 36.4 Å². The number of hydrogen-bond acceptors (Lipinski definition) is 5.